The number of benzene rings is 2. The number of hydrogen-bond acceptors (Lipinski definition) is 5. The number of hydrogen-bond donors (Lipinski definition) is 3. The highest BCUT2D eigenvalue weighted by atomic mass is 35.5. The number of imide groups is 1. The van der Waals surface area contributed by atoms with Gasteiger partial charge in [-0.15, -0.1) is 12.4 Å². The second kappa shape index (κ2) is 9.70. The minimum absolute atomic E-state index is 0. The van der Waals surface area contributed by atoms with Gasteiger partial charge in [0, 0.05) is 11.1 Å². The molecule has 0 saturated heterocycles. The Bertz CT molecular complexity index is 855. The van der Waals surface area contributed by atoms with E-state index in [2.05, 4.69) is 18.1 Å². The third-order valence-electron chi connectivity index (χ3n) is 3.27. The maximum Gasteiger partial charge on any atom is 0.338 e. The number of nitrogens with zero attached hydrogens (tertiary/aromatic N) is 1. The van der Waals surface area contributed by atoms with Crippen LogP contribution in [0.5, 0.6) is 5.75 Å². The second-order valence-electron chi connectivity index (χ2n) is 4.96. The summed E-state index contributed by atoms with van der Waals surface area (Å²) in [4.78, 5) is 35.5. The summed E-state index contributed by atoms with van der Waals surface area (Å²) < 4.78 is 5.90. The molecule has 11 heteroatoms. The van der Waals surface area contributed by atoms with Gasteiger partial charge in [-0.3, -0.25) is 14.9 Å². The number of nitrogens with two attached hydrogens (primary N) is 1. The molecular weight excluding hydrogens is 437 g/mol. The van der Waals surface area contributed by atoms with Gasteiger partial charge in [-0.05, 0) is 36.4 Å². The lowest BCUT2D eigenvalue weighted by Crippen LogP contribution is -2.38. The number of carbonyl (C=O) groups is 3. The fourth-order valence-corrected chi connectivity index (χ4v) is 2.82. The monoisotopic (exact) mass is 449 g/mol. The Hall–Kier alpha value is -2.13. The summed E-state index contributed by atoms with van der Waals surface area (Å²) in [6.07, 6.45) is 0. The van der Waals surface area contributed by atoms with Crippen LogP contribution in [0.1, 0.15) is 20.7 Å². The first kappa shape index (κ1) is 22.9. The van der Waals surface area contributed by atoms with Gasteiger partial charge < -0.3 is 10.5 Å². The van der Waals surface area contributed by atoms with Crippen LogP contribution in [0.15, 0.2) is 36.4 Å². The van der Waals surface area contributed by atoms with Gasteiger partial charge in [0.1, 0.15) is 0 Å². The molecule has 0 fully saturated rings. The van der Waals surface area contributed by atoms with Crippen molar-refractivity contribution in [1.29, 1.82) is 0 Å². The Kier molecular flexibility index (Phi) is 8.23. The van der Waals surface area contributed by atoms with E-state index in [1.807, 2.05) is 0 Å². The number of rotatable bonds is 4. The molecule has 0 aliphatic heterocycles. The molecule has 4 amide bonds. The SMILES string of the molecule is COc1c(Cl)cc(C(=O)NC(=O)N(S)c2ccc(C(N)=O)cc2)cc1Cl.Cl. The quantitative estimate of drug-likeness (QED) is 0.618. The van der Waals surface area contributed by atoms with Gasteiger partial charge in [0.15, 0.2) is 5.75 Å². The zero-order chi connectivity index (χ0) is 19.4. The van der Waals surface area contributed by atoms with E-state index in [4.69, 9.17) is 33.7 Å². The average molecular weight is 451 g/mol. The van der Waals surface area contributed by atoms with Crippen LogP contribution < -0.4 is 20.1 Å². The molecule has 0 heterocycles. The number of amides is 4. The number of urea groups is 1. The Balaban J connectivity index is 0.00000364. The van der Waals surface area contributed by atoms with Crippen molar-refractivity contribution < 1.29 is 19.1 Å². The Morgan fingerprint density at radius 3 is 2.04 bits per heavy atom. The van der Waals surface area contributed by atoms with Crippen molar-refractivity contribution in [3.63, 3.8) is 0 Å². The second-order valence-corrected chi connectivity index (χ2v) is 6.17. The van der Waals surface area contributed by atoms with Gasteiger partial charge in [-0.1, -0.05) is 36.0 Å². The third-order valence-corrected chi connectivity index (χ3v) is 4.25. The maximum absolute atomic E-state index is 12.2. The minimum atomic E-state index is -0.812. The summed E-state index contributed by atoms with van der Waals surface area (Å²) in [5, 5.41) is 2.40. The summed E-state index contributed by atoms with van der Waals surface area (Å²) in [5.74, 6) is -1.11. The molecule has 0 aliphatic rings. The molecule has 2 aromatic rings. The number of carbonyl (C=O) groups excluding carboxylic acids is 3. The lowest BCUT2D eigenvalue weighted by atomic mass is 10.2. The molecule has 0 spiro atoms. The van der Waals surface area contributed by atoms with Gasteiger partial charge >= 0.3 is 6.03 Å². The van der Waals surface area contributed by atoms with Crippen molar-refractivity contribution in [1.82, 2.24) is 5.32 Å². The first-order valence-electron chi connectivity index (χ1n) is 7.01. The van der Waals surface area contributed by atoms with Crippen molar-refractivity contribution in [3.05, 3.63) is 57.6 Å². The van der Waals surface area contributed by atoms with Crippen molar-refractivity contribution >= 4 is 72.0 Å². The molecule has 0 atom stereocenters. The van der Waals surface area contributed by atoms with Gasteiger partial charge in [0.05, 0.1) is 22.8 Å². The standard InChI is InChI=1S/C16H13Cl2N3O4S.ClH/c1-25-13-11(17)6-9(7-12(13)18)15(23)20-16(24)21(26)10-4-2-8(3-5-10)14(19)22;/h2-7,26H,1H3,(H2,19,22)(H,20,23,24);1H. The van der Waals surface area contributed by atoms with E-state index in [0.717, 1.165) is 4.31 Å². The molecule has 0 radical (unpaired) electrons. The number of halogens is 3. The fourth-order valence-electron chi connectivity index (χ4n) is 1.99. The summed E-state index contributed by atoms with van der Waals surface area (Å²) >= 11 is 16.0. The van der Waals surface area contributed by atoms with E-state index in [1.54, 1.807) is 0 Å². The van der Waals surface area contributed by atoms with Gasteiger partial charge in [0.25, 0.3) is 5.91 Å². The predicted octanol–water partition coefficient (Wildman–Crippen LogP) is 3.72. The van der Waals surface area contributed by atoms with Crippen LogP contribution in [0.3, 0.4) is 0 Å². The van der Waals surface area contributed by atoms with Crippen LogP contribution in [0.2, 0.25) is 10.0 Å². The third kappa shape index (κ3) is 5.43. The van der Waals surface area contributed by atoms with Crippen LogP contribution >= 0.6 is 48.4 Å². The number of methoxy groups -OCH3 is 1. The number of nitrogens with one attached hydrogen (secondary N) is 1. The Morgan fingerprint density at radius 2 is 1.59 bits per heavy atom. The van der Waals surface area contributed by atoms with Crippen molar-refractivity contribution in [2.24, 2.45) is 5.73 Å². The van der Waals surface area contributed by atoms with Crippen LogP contribution in [0.25, 0.3) is 0 Å². The van der Waals surface area contributed by atoms with Gasteiger partial charge in [0.2, 0.25) is 5.91 Å². The average Bonchev–Trinajstić information content (AvgIpc) is 2.60. The van der Waals surface area contributed by atoms with Crippen molar-refractivity contribution in [2.75, 3.05) is 11.4 Å². The summed E-state index contributed by atoms with van der Waals surface area (Å²) in [6.45, 7) is 0. The Labute approximate surface area is 176 Å². The minimum Gasteiger partial charge on any atom is -0.494 e. The van der Waals surface area contributed by atoms with Crippen molar-refractivity contribution in [3.8, 4) is 5.75 Å². The summed E-state index contributed by atoms with van der Waals surface area (Å²) in [7, 11) is 1.39. The molecule has 3 N–H and O–H groups in total. The number of thiol groups is 1. The van der Waals surface area contributed by atoms with E-state index in [0.29, 0.717) is 5.69 Å². The number of anilines is 1. The molecule has 2 rings (SSSR count). The molecule has 27 heavy (non-hydrogen) atoms. The normalized spacial score (nSPS) is 9.78. The molecule has 0 aliphatic carbocycles. The molecule has 0 saturated carbocycles. The van der Waals surface area contributed by atoms with E-state index in [-0.39, 0.29) is 39.3 Å². The first-order chi connectivity index (χ1) is 12.2. The van der Waals surface area contributed by atoms with E-state index >= 15 is 0 Å². The van der Waals surface area contributed by atoms with E-state index < -0.39 is 17.8 Å². The highest BCUT2D eigenvalue weighted by Gasteiger charge is 2.19. The highest BCUT2D eigenvalue weighted by molar-refractivity contribution is 7.82. The van der Waals surface area contributed by atoms with Crippen LogP contribution in [0.4, 0.5) is 10.5 Å². The molecule has 7 nitrogen and oxygen atoms in total. The topological polar surface area (TPSA) is 102 Å². The van der Waals surface area contributed by atoms with E-state index in [9.17, 15) is 14.4 Å². The Morgan fingerprint density at radius 1 is 1.07 bits per heavy atom. The number of ether oxygens (including phenoxy) is 1. The summed E-state index contributed by atoms with van der Waals surface area (Å²) in [6, 6.07) is 7.60. The zero-order valence-corrected chi connectivity index (χ0v) is 17.0. The molecule has 0 aromatic heterocycles. The molecule has 144 valence electrons. The van der Waals surface area contributed by atoms with E-state index in [1.165, 1.54) is 43.5 Å². The maximum atomic E-state index is 12.2. The lowest BCUT2D eigenvalue weighted by molar-refractivity contribution is 0.0964. The van der Waals surface area contributed by atoms with Gasteiger partial charge in [-0.25, -0.2) is 9.10 Å². The predicted molar refractivity (Wildman–Crippen MR) is 110 cm³/mol. The number of primary amides is 1. The first-order valence-corrected chi connectivity index (χ1v) is 8.17. The van der Waals surface area contributed by atoms with Crippen LogP contribution in [-0.2, 0) is 0 Å². The highest BCUT2D eigenvalue weighted by Crippen LogP contribution is 2.33. The van der Waals surface area contributed by atoms with Crippen LogP contribution in [-0.4, -0.2) is 25.0 Å². The van der Waals surface area contributed by atoms with Crippen LogP contribution in [0, 0.1) is 0 Å². The zero-order valence-electron chi connectivity index (χ0n) is 13.7. The fraction of sp³-hybridized carbons (Fsp3) is 0.0625. The molecule has 2 aromatic carbocycles. The van der Waals surface area contributed by atoms with Crippen molar-refractivity contribution in [2.45, 2.75) is 0 Å². The smallest absolute Gasteiger partial charge is 0.338 e. The summed E-state index contributed by atoms with van der Waals surface area (Å²) in [5.41, 5.74) is 5.82. The molecule has 0 bridgehead atoms. The molecule has 0 unspecified atom stereocenters. The van der Waals surface area contributed by atoms with Gasteiger partial charge in [-0.2, -0.15) is 0 Å². The molecular formula is C16H14Cl3N3O4S. The largest absolute Gasteiger partial charge is 0.494 e. The lowest BCUT2D eigenvalue weighted by Gasteiger charge is -2.16.